The molecule has 1 saturated heterocycles. The zero-order chi connectivity index (χ0) is 22.1. The van der Waals surface area contributed by atoms with E-state index in [1.54, 1.807) is 24.4 Å². The lowest BCUT2D eigenvalue weighted by Gasteiger charge is -2.49. The van der Waals surface area contributed by atoms with Gasteiger partial charge >= 0.3 is 5.97 Å². The lowest BCUT2D eigenvalue weighted by Crippen LogP contribution is -2.70. The molecule has 0 bridgehead atoms. The first-order chi connectivity index (χ1) is 14.8. The number of β-lactam (4-membered cyclic amide) rings is 1. The minimum Gasteiger partial charge on any atom is -0.477 e. The highest BCUT2D eigenvalue weighted by Gasteiger charge is 2.54. The predicted molar refractivity (Wildman–Crippen MR) is 121 cm³/mol. The van der Waals surface area contributed by atoms with E-state index in [1.807, 2.05) is 0 Å². The van der Waals surface area contributed by atoms with Crippen molar-refractivity contribution in [2.24, 2.45) is 0 Å². The summed E-state index contributed by atoms with van der Waals surface area (Å²) in [4.78, 5) is 42.4. The number of carboxylic acids is 1. The van der Waals surface area contributed by atoms with Gasteiger partial charge in [-0.25, -0.2) is 9.78 Å². The van der Waals surface area contributed by atoms with Gasteiger partial charge in [-0.2, -0.15) is 4.37 Å². The van der Waals surface area contributed by atoms with Gasteiger partial charge in [0.1, 0.15) is 28.7 Å². The largest absolute Gasteiger partial charge is 0.477 e. The molecule has 9 nitrogen and oxygen atoms in total. The Kier molecular flexibility index (Phi) is 6.81. The molecule has 2 aromatic heterocycles. The normalized spacial score (nSPS) is 21.5. The summed E-state index contributed by atoms with van der Waals surface area (Å²) in [5.74, 6) is -0.920. The second-order valence-corrected chi connectivity index (χ2v) is 12.2. The minimum atomic E-state index is -1.48. The highest BCUT2D eigenvalue weighted by molar-refractivity contribution is 8.01. The first-order valence-corrected chi connectivity index (χ1v) is 13.9. The molecule has 2 aliphatic heterocycles. The summed E-state index contributed by atoms with van der Waals surface area (Å²) in [6, 6.07) is 2.62. The molecule has 4 rings (SSSR count). The van der Waals surface area contributed by atoms with Gasteiger partial charge in [-0.05, 0) is 35.5 Å². The zero-order valence-electron chi connectivity index (χ0n) is 16.0. The number of amides is 2. The number of carboxylic acid groups (broad SMARTS) is 1. The SMILES string of the molecule is Cc1nsc(SCC2=C(C(=O)O)N3C(=O)C(NC(=O)CS(=O)c4cccs4)[C@H]3SC2)n1. The number of aromatic nitrogens is 2. The van der Waals surface area contributed by atoms with Crippen LogP contribution in [0.3, 0.4) is 0 Å². The third-order valence-corrected chi connectivity index (χ3v) is 10.4. The molecule has 2 aliphatic rings. The van der Waals surface area contributed by atoms with E-state index in [4.69, 9.17) is 0 Å². The van der Waals surface area contributed by atoms with Crippen LogP contribution in [0.15, 0.2) is 37.3 Å². The van der Waals surface area contributed by atoms with Gasteiger partial charge in [-0.3, -0.25) is 18.7 Å². The molecule has 2 unspecified atom stereocenters. The molecular weight excluding hydrogens is 501 g/mol. The molecule has 31 heavy (non-hydrogen) atoms. The van der Waals surface area contributed by atoms with Crippen molar-refractivity contribution in [2.75, 3.05) is 17.3 Å². The first kappa shape index (κ1) is 22.5. The maximum Gasteiger partial charge on any atom is 0.352 e. The summed E-state index contributed by atoms with van der Waals surface area (Å²) >= 11 is 5.33. The van der Waals surface area contributed by atoms with E-state index in [-0.39, 0.29) is 11.4 Å². The molecule has 2 aromatic rings. The summed E-state index contributed by atoms with van der Waals surface area (Å²) in [6.45, 7) is 1.78. The zero-order valence-corrected chi connectivity index (χ0v) is 20.1. The van der Waals surface area contributed by atoms with Crippen LogP contribution in [0.5, 0.6) is 0 Å². The van der Waals surface area contributed by atoms with Crippen molar-refractivity contribution in [3.8, 4) is 0 Å². The number of nitrogens with zero attached hydrogens (tertiary/aromatic N) is 3. The highest BCUT2D eigenvalue weighted by atomic mass is 32.2. The van der Waals surface area contributed by atoms with Crippen molar-refractivity contribution >= 4 is 75.0 Å². The number of carbonyl (C=O) groups excluding carboxylic acids is 2. The third kappa shape index (κ3) is 4.72. The second kappa shape index (κ2) is 9.40. The Morgan fingerprint density at radius 2 is 2.26 bits per heavy atom. The van der Waals surface area contributed by atoms with Crippen LogP contribution in [0.1, 0.15) is 5.82 Å². The molecule has 0 radical (unpaired) electrons. The van der Waals surface area contributed by atoms with Gasteiger partial charge in [0.05, 0.1) is 15.0 Å². The standard InChI is InChI=1S/C17H16N4O5S5/c1-8-18-17(30-20-8)29-6-9-5-28-15-12(14(23)21(15)13(9)16(24)25)19-10(22)7-31(26)11-3-2-4-27-11/h2-4,12,15H,5-7H2,1H3,(H,19,22)(H,24,25)/t12?,15-,31?/m1/s1. The van der Waals surface area contributed by atoms with Crippen molar-refractivity contribution in [3.63, 3.8) is 0 Å². The fourth-order valence-corrected chi connectivity index (χ4v) is 8.13. The number of thioether (sulfide) groups is 2. The summed E-state index contributed by atoms with van der Waals surface area (Å²) in [5.41, 5.74) is 0.596. The minimum absolute atomic E-state index is 0.0323. The number of rotatable bonds is 8. The van der Waals surface area contributed by atoms with Crippen molar-refractivity contribution < 1.29 is 23.7 Å². The quantitative estimate of drug-likeness (QED) is 0.396. The number of thiophene rings is 1. The molecule has 2 amide bonds. The number of aliphatic carboxylic acids is 1. The maximum atomic E-state index is 12.7. The molecule has 2 N–H and O–H groups in total. The molecule has 164 valence electrons. The van der Waals surface area contributed by atoms with Crippen molar-refractivity contribution in [2.45, 2.75) is 26.9 Å². The molecular formula is C17H16N4O5S5. The Morgan fingerprint density at radius 1 is 1.45 bits per heavy atom. The molecule has 0 aliphatic carbocycles. The number of carbonyl (C=O) groups is 3. The summed E-state index contributed by atoms with van der Waals surface area (Å²) < 4.78 is 17.6. The van der Waals surface area contributed by atoms with Crippen molar-refractivity contribution in [1.82, 2.24) is 19.6 Å². The van der Waals surface area contributed by atoms with E-state index in [0.29, 0.717) is 27.1 Å². The molecule has 4 heterocycles. The Balaban J connectivity index is 1.41. The van der Waals surface area contributed by atoms with E-state index < -0.39 is 40.0 Å². The molecule has 14 heteroatoms. The van der Waals surface area contributed by atoms with Crippen molar-refractivity contribution in [3.05, 3.63) is 34.6 Å². The average Bonchev–Trinajstić information content (AvgIpc) is 3.41. The maximum absolute atomic E-state index is 12.7. The molecule has 1 fully saturated rings. The monoisotopic (exact) mass is 516 g/mol. The molecule has 0 aromatic carbocycles. The lowest BCUT2D eigenvalue weighted by molar-refractivity contribution is -0.150. The van der Waals surface area contributed by atoms with E-state index in [1.165, 1.54) is 51.3 Å². The van der Waals surface area contributed by atoms with Crippen LogP contribution in [-0.4, -0.2) is 70.0 Å². The van der Waals surface area contributed by atoms with Crippen LogP contribution >= 0.6 is 46.4 Å². The fraction of sp³-hybridized carbons (Fsp3) is 0.353. The van der Waals surface area contributed by atoms with Crippen LogP contribution in [0.2, 0.25) is 0 Å². The van der Waals surface area contributed by atoms with Crippen LogP contribution in [-0.2, 0) is 25.2 Å². The van der Waals surface area contributed by atoms with Gasteiger partial charge in [0.15, 0.2) is 4.34 Å². The van der Waals surface area contributed by atoms with E-state index in [9.17, 15) is 23.7 Å². The second-order valence-electron chi connectivity index (χ2n) is 6.53. The first-order valence-electron chi connectivity index (χ1n) is 8.89. The lowest BCUT2D eigenvalue weighted by atomic mass is 10.0. The van der Waals surface area contributed by atoms with Crippen LogP contribution in [0.4, 0.5) is 0 Å². The number of aryl methyl sites for hydroxylation is 1. The average molecular weight is 517 g/mol. The fourth-order valence-electron chi connectivity index (χ4n) is 3.08. The van der Waals surface area contributed by atoms with Crippen LogP contribution < -0.4 is 5.32 Å². The third-order valence-electron chi connectivity index (χ3n) is 4.43. The summed E-state index contributed by atoms with van der Waals surface area (Å²) in [7, 11) is -1.48. The van der Waals surface area contributed by atoms with Gasteiger partial charge in [0, 0.05) is 11.5 Å². The van der Waals surface area contributed by atoms with Gasteiger partial charge in [-0.1, -0.05) is 17.8 Å². The summed E-state index contributed by atoms with van der Waals surface area (Å²) in [5, 5.41) is 13.6. The van der Waals surface area contributed by atoms with Gasteiger partial charge in [0.25, 0.3) is 5.91 Å². The Bertz CT molecular complexity index is 1080. The van der Waals surface area contributed by atoms with Gasteiger partial charge in [-0.15, -0.1) is 23.1 Å². The number of fused-ring (bicyclic) bond motifs is 1. The predicted octanol–water partition coefficient (Wildman–Crippen LogP) is 1.55. The van der Waals surface area contributed by atoms with Crippen molar-refractivity contribution in [1.29, 1.82) is 0 Å². The van der Waals surface area contributed by atoms with Gasteiger partial charge in [0.2, 0.25) is 5.91 Å². The summed E-state index contributed by atoms with van der Waals surface area (Å²) in [6.07, 6.45) is 0. The smallest absolute Gasteiger partial charge is 0.352 e. The van der Waals surface area contributed by atoms with Crippen LogP contribution in [0, 0.1) is 6.92 Å². The Labute approximate surface area is 196 Å². The molecule has 0 saturated carbocycles. The Hall–Kier alpha value is -1.74. The number of nitrogens with one attached hydrogen (secondary N) is 1. The number of hydrogen-bond donors (Lipinski definition) is 2. The topological polar surface area (TPSA) is 130 Å². The number of hydrogen-bond acceptors (Lipinski definition) is 10. The van der Waals surface area contributed by atoms with Crippen LogP contribution in [0.25, 0.3) is 0 Å². The van der Waals surface area contributed by atoms with E-state index >= 15 is 0 Å². The van der Waals surface area contributed by atoms with E-state index in [0.717, 1.165) is 4.34 Å². The molecule has 3 atom stereocenters. The Morgan fingerprint density at radius 3 is 2.90 bits per heavy atom. The van der Waals surface area contributed by atoms with E-state index in [2.05, 4.69) is 14.7 Å². The van der Waals surface area contributed by atoms with Gasteiger partial charge < -0.3 is 10.4 Å². The molecule has 0 spiro atoms. The highest BCUT2D eigenvalue weighted by Crippen LogP contribution is 2.41.